The summed E-state index contributed by atoms with van der Waals surface area (Å²) in [6, 6.07) is 8.84. The first-order valence-corrected chi connectivity index (χ1v) is 7.94. The monoisotopic (exact) mass is 288 g/mol. The minimum atomic E-state index is 0.267. The van der Waals surface area contributed by atoms with Crippen molar-refractivity contribution in [3.05, 3.63) is 40.9 Å². The number of aliphatic hydroxyl groups excluding tert-OH is 1. The quantitative estimate of drug-likeness (QED) is 0.939. The van der Waals surface area contributed by atoms with E-state index < -0.39 is 0 Å². The lowest BCUT2D eigenvalue weighted by molar-refractivity contribution is 0.154. The molecule has 1 N–H and O–H groups in total. The van der Waals surface area contributed by atoms with Gasteiger partial charge in [-0.3, -0.25) is 4.90 Å². The SMILES string of the molecule is Cc1ccc(-c2ncc(CN3CCC[C@H]3CO)s2)cc1. The highest BCUT2D eigenvalue weighted by Crippen LogP contribution is 2.28. The van der Waals surface area contributed by atoms with Crippen LogP contribution in [0.25, 0.3) is 10.6 Å². The number of aromatic nitrogens is 1. The molecule has 1 aromatic carbocycles. The van der Waals surface area contributed by atoms with E-state index in [0.717, 1.165) is 24.5 Å². The molecule has 1 aliphatic heterocycles. The molecule has 1 aliphatic rings. The number of hydrogen-bond acceptors (Lipinski definition) is 4. The Bertz CT molecular complexity index is 564. The second-order valence-corrected chi connectivity index (χ2v) is 6.56. The maximum absolute atomic E-state index is 9.37. The van der Waals surface area contributed by atoms with E-state index in [4.69, 9.17) is 0 Å². The van der Waals surface area contributed by atoms with E-state index in [9.17, 15) is 5.11 Å². The van der Waals surface area contributed by atoms with Gasteiger partial charge >= 0.3 is 0 Å². The van der Waals surface area contributed by atoms with Crippen LogP contribution in [0, 0.1) is 6.92 Å². The van der Waals surface area contributed by atoms with Crippen LogP contribution in [0.1, 0.15) is 23.3 Å². The second kappa shape index (κ2) is 6.04. The first-order valence-electron chi connectivity index (χ1n) is 7.13. The van der Waals surface area contributed by atoms with Crippen LogP contribution in [0.4, 0.5) is 0 Å². The average molecular weight is 288 g/mol. The number of aryl methyl sites for hydroxylation is 1. The van der Waals surface area contributed by atoms with Crippen LogP contribution in [0.3, 0.4) is 0 Å². The summed E-state index contributed by atoms with van der Waals surface area (Å²) in [6.07, 6.45) is 4.28. The highest BCUT2D eigenvalue weighted by Gasteiger charge is 2.24. The van der Waals surface area contributed by atoms with Gasteiger partial charge in [-0.15, -0.1) is 11.3 Å². The minimum Gasteiger partial charge on any atom is -0.395 e. The van der Waals surface area contributed by atoms with E-state index in [1.54, 1.807) is 11.3 Å². The molecule has 2 heterocycles. The fourth-order valence-corrected chi connectivity index (χ4v) is 3.66. The van der Waals surface area contributed by atoms with Gasteiger partial charge in [-0.1, -0.05) is 29.8 Å². The molecule has 1 fully saturated rings. The molecule has 1 aromatic heterocycles. The van der Waals surface area contributed by atoms with Gasteiger partial charge in [0, 0.05) is 29.2 Å². The molecule has 0 amide bonds. The molecule has 0 aliphatic carbocycles. The van der Waals surface area contributed by atoms with Crippen molar-refractivity contribution in [1.82, 2.24) is 9.88 Å². The van der Waals surface area contributed by atoms with Crippen molar-refractivity contribution < 1.29 is 5.11 Å². The molecule has 0 radical (unpaired) electrons. The zero-order valence-electron chi connectivity index (χ0n) is 11.7. The molecule has 106 valence electrons. The van der Waals surface area contributed by atoms with Gasteiger partial charge in [-0.25, -0.2) is 4.98 Å². The Morgan fingerprint density at radius 1 is 1.35 bits per heavy atom. The van der Waals surface area contributed by atoms with Crippen molar-refractivity contribution in [1.29, 1.82) is 0 Å². The van der Waals surface area contributed by atoms with E-state index in [1.165, 1.54) is 22.4 Å². The van der Waals surface area contributed by atoms with Crippen LogP contribution in [-0.2, 0) is 6.54 Å². The van der Waals surface area contributed by atoms with Gasteiger partial charge in [-0.2, -0.15) is 0 Å². The molecule has 1 saturated heterocycles. The average Bonchev–Trinajstić information content (AvgIpc) is 3.09. The van der Waals surface area contributed by atoms with E-state index in [0.29, 0.717) is 6.04 Å². The summed E-state index contributed by atoms with van der Waals surface area (Å²) in [7, 11) is 0. The van der Waals surface area contributed by atoms with Crippen molar-refractivity contribution in [2.45, 2.75) is 32.4 Å². The first-order chi connectivity index (χ1) is 9.76. The van der Waals surface area contributed by atoms with Crippen molar-refractivity contribution in [3.63, 3.8) is 0 Å². The highest BCUT2D eigenvalue weighted by molar-refractivity contribution is 7.15. The van der Waals surface area contributed by atoms with E-state index in [-0.39, 0.29) is 6.61 Å². The standard InChI is InChI=1S/C16H20N2OS/c1-12-4-6-13(7-5-12)16-17-9-15(20-16)10-18-8-2-3-14(18)11-19/h4-7,9,14,19H,2-3,8,10-11H2,1H3/t14-/m0/s1. The summed E-state index contributed by atoms with van der Waals surface area (Å²) in [5.74, 6) is 0. The predicted octanol–water partition coefficient (Wildman–Crippen LogP) is 3.08. The third-order valence-electron chi connectivity index (χ3n) is 3.92. The number of benzene rings is 1. The summed E-state index contributed by atoms with van der Waals surface area (Å²) in [5, 5.41) is 10.5. The molecular formula is C16H20N2OS. The molecule has 0 saturated carbocycles. The predicted molar refractivity (Wildman–Crippen MR) is 82.8 cm³/mol. The topological polar surface area (TPSA) is 36.4 Å². The Morgan fingerprint density at radius 2 is 2.15 bits per heavy atom. The largest absolute Gasteiger partial charge is 0.395 e. The van der Waals surface area contributed by atoms with Crippen LogP contribution >= 0.6 is 11.3 Å². The van der Waals surface area contributed by atoms with E-state index in [1.807, 2.05) is 6.20 Å². The Labute approximate surface area is 123 Å². The minimum absolute atomic E-state index is 0.267. The number of hydrogen-bond donors (Lipinski definition) is 1. The summed E-state index contributed by atoms with van der Waals surface area (Å²) in [5.41, 5.74) is 2.46. The smallest absolute Gasteiger partial charge is 0.123 e. The lowest BCUT2D eigenvalue weighted by atomic mass is 10.2. The van der Waals surface area contributed by atoms with Gasteiger partial charge in [0.1, 0.15) is 5.01 Å². The summed E-state index contributed by atoms with van der Waals surface area (Å²) >= 11 is 1.76. The highest BCUT2D eigenvalue weighted by atomic mass is 32.1. The Kier molecular flexibility index (Phi) is 4.15. The fourth-order valence-electron chi connectivity index (χ4n) is 2.72. The molecule has 0 spiro atoms. The number of rotatable bonds is 4. The molecular weight excluding hydrogens is 268 g/mol. The zero-order chi connectivity index (χ0) is 13.9. The molecule has 1 atom stereocenters. The van der Waals surface area contributed by atoms with E-state index in [2.05, 4.69) is 41.1 Å². The van der Waals surface area contributed by atoms with Crippen molar-refractivity contribution in [2.24, 2.45) is 0 Å². The summed E-state index contributed by atoms with van der Waals surface area (Å²) in [6.45, 7) is 4.36. The molecule has 4 heteroatoms. The van der Waals surface area contributed by atoms with Gasteiger partial charge in [0.05, 0.1) is 6.61 Å². The van der Waals surface area contributed by atoms with Crippen LogP contribution < -0.4 is 0 Å². The number of likely N-dealkylation sites (tertiary alicyclic amines) is 1. The van der Waals surface area contributed by atoms with Crippen LogP contribution in [0.2, 0.25) is 0 Å². The molecule has 20 heavy (non-hydrogen) atoms. The van der Waals surface area contributed by atoms with Gasteiger partial charge < -0.3 is 5.11 Å². The van der Waals surface area contributed by atoms with Crippen LogP contribution in [0.15, 0.2) is 30.5 Å². The lowest BCUT2D eigenvalue weighted by Gasteiger charge is -2.21. The van der Waals surface area contributed by atoms with Gasteiger partial charge in [0.2, 0.25) is 0 Å². The second-order valence-electron chi connectivity index (χ2n) is 5.45. The molecule has 0 bridgehead atoms. The number of aliphatic hydroxyl groups is 1. The van der Waals surface area contributed by atoms with E-state index >= 15 is 0 Å². The zero-order valence-corrected chi connectivity index (χ0v) is 12.6. The summed E-state index contributed by atoms with van der Waals surface area (Å²) in [4.78, 5) is 8.18. The Balaban J connectivity index is 1.72. The molecule has 2 aromatic rings. The molecule has 0 unspecified atom stereocenters. The number of nitrogens with zero attached hydrogens (tertiary/aromatic N) is 2. The maximum Gasteiger partial charge on any atom is 0.123 e. The lowest BCUT2D eigenvalue weighted by Crippen LogP contribution is -2.31. The Morgan fingerprint density at radius 3 is 2.90 bits per heavy atom. The summed E-state index contributed by atoms with van der Waals surface area (Å²) < 4.78 is 0. The van der Waals surface area contributed by atoms with Crippen LogP contribution in [0.5, 0.6) is 0 Å². The van der Waals surface area contributed by atoms with Crippen molar-refractivity contribution in [2.75, 3.05) is 13.2 Å². The number of thiazole rings is 1. The van der Waals surface area contributed by atoms with Gasteiger partial charge in [0.25, 0.3) is 0 Å². The molecule has 3 rings (SSSR count). The van der Waals surface area contributed by atoms with Gasteiger partial charge in [-0.05, 0) is 26.3 Å². The normalized spacial score (nSPS) is 19.6. The third kappa shape index (κ3) is 2.92. The third-order valence-corrected chi connectivity index (χ3v) is 4.95. The van der Waals surface area contributed by atoms with Crippen molar-refractivity contribution >= 4 is 11.3 Å². The molecule has 3 nitrogen and oxygen atoms in total. The van der Waals surface area contributed by atoms with Gasteiger partial charge in [0.15, 0.2) is 0 Å². The first kappa shape index (κ1) is 13.7. The van der Waals surface area contributed by atoms with Crippen molar-refractivity contribution in [3.8, 4) is 10.6 Å². The Hall–Kier alpha value is -1.23. The fraction of sp³-hybridized carbons (Fsp3) is 0.438. The maximum atomic E-state index is 9.37. The van der Waals surface area contributed by atoms with Crippen LogP contribution in [-0.4, -0.2) is 34.2 Å².